The number of ether oxygens (including phenoxy) is 1. The number of nitrogens with two attached hydrogens (primary N) is 1. The predicted octanol–water partition coefficient (Wildman–Crippen LogP) is 3.44. The monoisotopic (exact) mass is 358 g/mol. The fourth-order valence-corrected chi connectivity index (χ4v) is 4.31. The summed E-state index contributed by atoms with van der Waals surface area (Å²) < 4.78 is 5.58. The first-order valence-electron chi connectivity index (χ1n) is 8.48. The van der Waals surface area contributed by atoms with Gasteiger partial charge in [-0.2, -0.15) is 0 Å². The van der Waals surface area contributed by atoms with Crippen LogP contribution in [0.5, 0.6) is 5.75 Å². The van der Waals surface area contributed by atoms with Crippen LogP contribution in [-0.2, 0) is 17.6 Å². The van der Waals surface area contributed by atoms with Crippen LogP contribution in [0.4, 0.5) is 5.00 Å². The largest absolute Gasteiger partial charge is 0.493 e. The number of carbonyl (C=O) groups is 2. The highest BCUT2D eigenvalue weighted by molar-refractivity contribution is 7.17. The maximum atomic E-state index is 12.2. The van der Waals surface area contributed by atoms with Crippen molar-refractivity contribution in [2.75, 3.05) is 11.9 Å². The summed E-state index contributed by atoms with van der Waals surface area (Å²) >= 11 is 1.48. The van der Waals surface area contributed by atoms with Crippen LogP contribution in [0.3, 0.4) is 0 Å². The Balaban J connectivity index is 1.60. The second-order valence-corrected chi connectivity index (χ2v) is 7.34. The van der Waals surface area contributed by atoms with Crippen LogP contribution >= 0.6 is 11.3 Å². The highest BCUT2D eigenvalue weighted by Crippen LogP contribution is 2.37. The van der Waals surface area contributed by atoms with Gasteiger partial charge >= 0.3 is 0 Å². The second kappa shape index (κ2) is 7.70. The van der Waals surface area contributed by atoms with Crippen LogP contribution in [0.1, 0.15) is 45.6 Å². The molecule has 0 spiro atoms. The molecule has 5 nitrogen and oxygen atoms in total. The molecule has 25 heavy (non-hydrogen) atoms. The maximum Gasteiger partial charge on any atom is 0.251 e. The van der Waals surface area contributed by atoms with Crippen LogP contribution in [0.15, 0.2) is 24.3 Å². The van der Waals surface area contributed by atoms with Crippen molar-refractivity contribution in [3.05, 3.63) is 45.8 Å². The summed E-state index contributed by atoms with van der Waals surface area (Å²) in [4.78, 5) is 25.2. The zero-order valence-electron chi connectivity index (χ0n) is 14.3. The number of nitrogens with one attached hydrogen (secondary N) is 1. The summed E-state index contributed by atoms with van der Waals surface area (Å²) in [6.45, 7) is 2.29. The van der Waals surface area contributed by atoms with Crippen molar-refractivity contribution in [3.8, 4) is 5.75 Å². The summed E-state index contributed by atoms with van der Waals surface area (Å²) in [5.74, 6) is 0.0987. The summed E-state index contributed by atoms with van der Waals surface area (Å²) in [6.07, 6.45) is 4.20. The highest BCUT2D eigenvalue weighted by Gasteiger charge is 2.24. The quantitative estimate of drug-likeness (QED) is 0.830. The Bertz CT molecular complexity index is 781. The Labute approximate surface area is 151 Å². The van der Waals surface area contributed by atoms with E-state index in [0.717, 1.165) is 42.6 Å². The minimum atomic E-state index is -0.467. The molecule has 1 aromatic heterocycles. The first kappa shape index (κ1) is 17.5. The lowest BCUT2D eigenvalue weighted by Crippen LogP contribution is -2.19. The van der Waals surface area contributed by atoms with E-state index in [1.54, 1.807) is 0 Å². The van der Waals surface area contributed by atoms with E-state index in [1.165, 1.54) is 16.2 Å². The van der Waals surface area contributed by atoms with Gasteiger partial charge in [-0.3, -0.25) is 9.59 Å². The van der Waals surface area contributed by atoms with Crippen LogP contribution in [0.25, 0.3) is 0 Å². The number of hydrogen-bond acceptors (Lipinski definition) is 4. The van der Waals surface area contributed by atoms with Crippen molar-refractivity contribution in [1.29, 1.82) is 0 Å². The summed E-state index contributed by atoms with van der Waals surface area (Å²) in [5, 5.41) is 3.43. The fourth-order valence-electron chi connectivity index (χ4n) is 3.00. The zero-order valence-corrected chi connectivity index (χ0v) is 15.1. The van der Waals surface area contributed by atoms with Crippen molar-refractivity contribution in [3.63, 3.8) is 0 Å². The summed E-state index contributed by atoms with van der Waals surface area (Å²) in [7, 11) is 0. The number of primary amides is 1. The molecular weight excluding hydrogens is 336 g/mol. The van der Waals surface area contributed by atoms with Crippen molar-refractivity contribution in [2.24, 2.45) is 5.73 Å². The third-order valence-electron chi connectivity index (χ3n) is 4.29. The predicted molar refractivity (Wildman–Crippen MR) is 99.4 cm³/mol. The number of thiophene rings is 1. The molecule has 0 atom stereocenters. The first-order chi connectivity index (χ1) is 12.0. The number of anilines is 1. The number of aryl methyl sites for hydroxylation is 2. The molecule has 0 fully saturated rings. The Kier molecular flexibility index (Phi) is 5.38. The van der Waals surface area contributed by atoms with Gasteiger partial charge in [-0.25, -0.2) is 0 Å². The molecule has 6 heteroatoms. The van der Waals surface area contributed by atoms with Crippen molar-refractivity contribution >= 4 is 28.2 Å². The lowest BCUT2D eigenvalue weighted by Gasteiger charge is -2.11. The molecular formula is C19H22N2O3S. The van der Waals surface area contributed by atoms with Crippen LogP contribution < -0.4 is 15.8 Å². The average molecular weight is 358 g/mol. The number of rotatable bonds is 6. The third kappa shape index (κ3) is 4.20. The standard InChI is InChI=1S/C19H22N2O3S/c1-12-6-8-13(9-7-12)24-11-10-16(22)21-19-17(18(20)23)14-4-2-3-5-15(14)25-19/h6-9H,2-5,10-11H2,1H3,(H2,20,23)(H,21,22). The normalized spacial score (nSPS) is 13.2. The Morgan fingerprint density at radius 1 is 1.20 bits per heavy atom. The van der Waals surface area contributed by atoms with E-state index in [2.05, 4.69) is 5.32 Å². The van der Waals surface area contributed by atoms with Gasteiger partial charge in [-0.1, -0.05) is 17.7 Å². The van der Waals surface area contributed by atoms with E-state index in [4.69, 9.17) is 10.5 Å². The molecule has 1 aliphatic carbocycles. The molecule has 0 bridgehead atoms. The lowest BCUT2D eigenvalue weighted by molar-refractivity contribution is -0.116. The molecule has 3 N–H and O–H groups in total. The molecule has 2 aromatic rings. The zero-order chi connectivity index (χ0) is 17.8. The Morgan fingerprint density at radius 3 is 2.64 bits per heavy atom. The van der Waals surface area contributed by atoms with Crippen molar-refractivity contribution in [1.82, 2.24) is 0 Å². The van der Waals surface area contributed by atoms with Gasteiger partial charge in [0.2, 0.25) is 5.91 Å². The minimum absolute atomic E-state index is 0.173. The van der Waals surface area contributed by atoms with Gasteiger partial charge in [-0.15, -0.1) is 11.3 Å². The van der Waals surface area contributed by atoms with E-state index in [0.29, 0.717) is 10.6 Å². The number of benzene rings is 1. The molecule has 0 radical (unpaired) electrons. The topological polar surface area (TPSA) is 81.4 Å². The van der Waals surface area contributed by atoms with E-state index in [9.17, 15) is 9.59 Å². The molecule has 0 aliphatic heterocycles. The van der Waals surface area contributed by atoms with Gasteiger partial charge in [0.25, 0.3) is 5.91 Å². The van der Waals surface area contributed by atoms with Crippen LogP contribution in [0, 0.1) is 6.92 Å². The fraction of sp³-hybridized carbons (Fsp3) is 0.368. The molecule has 132 valence electrons. The maximum absolute atomic E-state index is 12.2. The van der Waals surface area contributed by atoms with Crippen molar-refractivity contribution in [2.45, 2.75) is 39.0 Å². The molecule has 0 saturated carbocycles. The summed E-state index contributed by atoms with van der Waals surface area (Å²) in [5.41, 5.74) is 8.21. The molecule has 3 rings (SSSR count). The molecule has 2 amide bonds. The number of hydrogen-bond donors (Lipinski definition) is 2. The number of fused-ring (bicyclic) bond motifs is 1. The smallest absolute Gasteiger partial charge is 0.251 e. The molecule has 1 aromatic carbocycles. The van der Waals surface area contributed by atoms with Gasteiger partial charge < -0.3 is 15.8 Å². The molecule has 0 saturated heterocycles. The minimum Gasteiger partial charge on any atom is -0.493 e. The van der Waals surface area contributed by atoms with Crippen LogP contribution in [0.2, 0.25) is 0 Å². The van der Waals surface area contributed by atoms with Crippen LogP contribution in [-0.4, -0.2) is 18.4 Å². The highest BCUT2D eigenvalue weighted by atomic mass is 32.1. The number of carbonyl (C=O) groups excluding carboxylic acids is 2. The average Bonchev–Trinajstić information content (AvgIpc) is 2.94. The Hall–Kier alpha value is -2.34. The SMILES string of the molecule is Cc1ccc(OCCC(=O)Nc2sc3c(c2C(N)=O)CCCC3)cc1. The lowest BCUT2D eigenvalue weighted by atomic mass is 9.95. The number of amides is 2. The van der Waals surface area contributed by atoms with Gasteiger partial charge in [0, 0.05) is 4.88 Å². The molecule has 0 unspecified atom stereocenters. The Morgan fingerprint density at radius 2 is 1.92 bits per heavy atom. The van der Waals surface area contributed by atoms with Gasteiger partial charge in [-0.05, 0) is 50.3 Å². The van der Waals surface area contributed by atoms with E-state index in [-0.39, 0.29) is 18.9 Å². The van der Waals surface area contributed by atoms with Crippen molar-refractivity contribution < 1.29 is 14.3 Å². The van der Waals surface area contributed by atoms with Gasteiger partial charge in [0.1, 0.15) is 10.8 Å². The summed E-state index contributed by atoms with van der Waals surface area (Å²) in [6, 6.07) is 7.69. The van der Waals surface area contributed by atoms with E-state index in [1.807, 2.05) is 31.2 Å². The first-order valence-corrected chi connectivity index (χ1v) is 9.30. The van der Waals surface area contributed by atoms with Gasteiger partial charge in [0.05, 0.1) is 18.6 Å². The molecule has 1 heterocycles. The van der Waals surface area contributed by atoms with Gasteiger partial charge in [0.15, 0.2) is 0 Å². The third-order valence-corrected chi connectivity index (χ3v) is 5.50. The second-order valence-electron chi connectivity index (χ2n) is 6.24. The van der Waals surface area contributed by atoms with E-state index >= 15 is 0 Å². The van der Waals surface area contributed by atoms with E-state index < -0.39 is 5.91 Å². The molecule has 1 aliphatic rings.